The predicted molar refractivity (Wildman–Crippen MR) is 61.7 cm³/mol. The summed E-state index contributed by atoms with van der Waals surface area (Å²) in [5.74, 6) is 0.529. The first-order valence-electron chi connectivity index (χ1n) is 4.75. The summed E-state index contributed by atoms with van der Waals surface area (Å²) in [6.45, 7) is 0. The van der Waals surface area contributed by atoms with Gasteiger partial charge in [-0.3, -0.25) is 4.57 Å². The summed E-state index contributed by atoms with van der Waals surface area (Å²) in [5.41, 5.74) is 1.87. The van der Waals surface area contributed by atoms with Crippen molar-refractivity contribution in [1.82, 2.24) is 19.5 Å². The van der Waals surface area contributed by atoms with Gasteiger partial charge >= 0.3 is 0 Å². The highest BCUT2D eigenvalue weighted by atomic mass is 35.5. The van der Waals surface area contributed by atoms with Crippen molar-refractivity contribution in [1.29, 1.82) is 0 Å². The van der Waals surface area contributed by atoms with Crippen molar-refractivity contribution in [3.05, 3.63) is 48.0 Å². The average molecular weight is 231 g/mol. The summed E-state index contributed by atoms with van der Waals surface area (Å²) >= 11 is 5.83. The number of imidazole rings is 1. The van der Waals surface area contributed by atoms with Gasteiger partial charge in [-0.05, 0) is 18.2 Å². The van der Waals surface area contributed by atoms with Gasteiger partial charge < -0.3 is 0 Å². The number of aromatic nitrogens is 4. The van der Waals surface area contributed by atoms with E-state index in [1.165, 1.54) is 0 Å². The molecule has 0 radical (unpaired) electrons. The zero-order valence-electron chi connectivity index (χ0n) is 8.21. The van der Waals surface area contributed by atoms with Gasteiger partial charge in [-0.1, -0.05) is 23.7 Å². The molecule has 1 aromatic carbocycles. The van der Waals surface area contributed by atoms with Crippen LogP contribution in [0.25, 0.3) is 17.0 Å². The highest BCUT2D eigenvalue weighted by Gasteiger charge is 2.05. The smallest absolute Gasteiger partial charge is 0.236 e. The second-order valence-corrected chi connectivity index (χ2v) is 3.67. The quantitative estimate of drug-likeness (QED) is 0.603. The molecule has 0 bridgehead atoms. The zero-order valence-corrected chi connectivity index (χ0v) is 8.96. The second-order valence-electron chi connectivity index (χ2n) is 3.28. The number of benzene rings is 1. The first kappa shape index (κ1) is 9.30. The van der Waals surface area contributed by atoms with Crippen LogP contribution >= 0.6 is 11.6 Å². The first-order valence-corrected chi connectivity index (χ1v) is 5.13. The average Bonchev–Trinajstić information content (AvgIpc) is 2.72. The highest BCUT2D eigenvalue weighted by molar-refractivity contribution is 6.29. The minimum Gasteiger partial charge on any atom is -0.267 e. The molecular formula is C11H7ClN4. The third-order valence-corrected chi connectivity index (χ3v) is 2.49. The van der Waals surface area contributed by atoms with E-state index in [2.05, 4.69) is 15.0 Å². The summed E-state index contributed by atoms with van der Waals surface area (Å²) in [6.07, 6.45) is 3.32. The third-order valence-electron chi connectivity index (χ3n) is 2.28. The van der Waals surface area contributed by atoms with E-state index in [1.54, 1.807) is 23.2 Å². The van der Waals surface area contributed by atoms with Crippen molar-refractivity contribution in [3.8, 4) is 5.95 Å². The number of hydrogen-bond acceptors (Lipinski definition) is 3. The van der Waals surface area contributed by atoms with Crippen molar-refractivity contribution >= 4 is 22.6 Å². The second kappa shape index (κ2) is 3.57. The molecule has 0 aliphatic rings. The van der Waals surface area contributed by atoms with Gasteiger partial charge in [0.15, 0.2) is 0 Å². The van der Waals surface area contributed by atoms with Gasteiger partial charge in [-0.15, -0.1) is 0 Å². The lowest BCUT2D eigenvalue weighted by molar-refractivity contribution is 0.949. The van der Waals surface area contributed by atoms with Gasteiger partial charge in [-0.25, -0.2) is 15.0 Å². The lowest BCUT2D eigenvalue weighted by Gasteiger charge is -2.01. The van der Waals surface area contributed by atoms with Gasteiger partial charge in [0.05, 0.1) is 11.0 Å². The summed E-state index contributed by atoms with van der Waals surface area (Å²) in [7, 11) is 0. The van der Waals surface area contributed by atoms with Gasteiger partial charge in [0.2, 0.25) is 5.95 Å². The predicted octanol–water partition coefficient (Wildman–Crippen LogP) is 2.47. The molecule has 16 heavy (non-hydrogen) atoms. The molecule has 3 rings (SSSR count). The standard InChI is InChI=1S/C11H7ClN4/c12-10-5-6-13-11(15-10)16-7-14-8-3-1-2-4-9(8)16/h1-7H. The zero-order chi connectivity index (χ0) is 11.0. The van der Waals surface area contributed by atoms with Crippen LogP contribution < -0.4 is 0 Å². The van der Waals surface area contributed by atoms with Gasteiger partial charge in [-0.2, -0.15) is 0 Å². The fourth-order valence-corrected chi connectivity index (χ4v) is 1.69. The maximum Gasteiger partial charge on any atom is 0.236 e. The molecule has 2 aromatic heterocycles. The number of hydrogen-bond donors (Lipinski definition) is 0. The van der Waals surface area contributed by atoms with E-state index in [0.29, 0.717) is 11.1 Å². The van der Waals surface area contributed by atoms with E-state index in [4.69, 9.17) is 11.6 Å². The van der Waals surface area contributed by atoms with Crippen molar-refractivity contribution in [2.75, 3.05) is 0 Å². The first-order chi connectivity index (χ1) is 7.84. The molecule has 2 heterocycles. The fourth-order valence-electron chi connectivity index (χ4n) is 1.56. The Kier molecular flexibility index (Phi) is 2.08. The molecule has 0 fully saturated rings. The van der Waals surface area contributed by atoms with Crippen molar-refractivity contribution in [2.24, 2.45) is 0 Å². The maximum atomic E-state index is 5.83. The summed E-state index contributed by atoms with van der Waals surface area (Å²) in [4.78, 5) is 12.6. The topological polar surface area (TPSA) is 43.6 Å². The number of para-hydroxylation sites is 2. The Morgan fingerprint density at radius 1 is 1.06 bits per heavy atom. The summed E-state index contributed by atoms with van der Waals surface area (Å²) in [6, 6.07) is 9.44. The third kappa shape index (κ3) is 1.44. The van der Waals surface area contributed by atoms with Crippen molar-refractivity contribution < 1.29 is 0 Å². The molecule has 0 atom stereocenters. The van der Waals surface area contributed by atoms with Crippen molar-refractivity contribution in [2.45, 2.75) is 0 Å². The van der Waals surface area contributed by atoms with E-state index in [1.807, 2.05) is 24.3 Å². The SMILES string of the molecule is Clc1ccnc(-n2cnc3ccccc32)n1. The van der Waals surface area contributed by atoms with Crippen LogP contribution in [0.5, 0.6) is 0 Å². The van der Waals surface area contributed by atoms with Crippen LogP contribution in [-0.4, -0.2) is 19.5 Å². The van der Waals surface area contributed by atoms with Crippen LogP contribution in [0.1, 0.15) is 0 Å². The summed E-state index contributed by atoms with van der Waals surface area (Å²) in [5, 5.41) is 0.419. The minimum atomic E-state index is 0.419. The lowest BCUT2D eigenvalue weighted by atomic mass is 10.3. The minimum absolute atomic E-state index is 0.419. The number of fused-ring (bicyclic) bond motifs is 1. The molecule has 3 aromatic rings. The van der Waals surface area contributed by atoms with Crippen LogP contribution in [0, 0.1) is 0 Å². The van der Waals surface area contributed by atoms with Gasteiger partial charge in [0, 0.05) is 6.20 Å². The van der Waals surface area contributed by atoms with Crippen LogP contribution in [-0.2, 0) is 0 Å². The molecule has 0 amide bonds. The molecule has 0 saturated heterocycles. The van der Waals surface area contributed by atoms with E-state index < -0.39 is 0 Å². The molecule has 4 nitrogen and oxygen atoms in total. The molecular weight excluding hydrogens is 224 g/mol. The lowest BCUT2D eigenvalue weighted by Crippen LogP contribution is -1.98. The Morgan fingerprint density at radius 3 is 2.81 bits per heavy atom. The Morgan fingerprint density at radius 2 is 1.94 bits per heavy atom. The van der Waals surface area contributed by atoms with Crippen LogP contribution in [0.2, 0.25) is 5.15 Å². The monoisotopic (exact) mass is 230 g/mol. The van der Waals surface area contributed by atoms with E-state index >= 15 is 0 Å². The number of nitrogens with zero attached hydrogens (tertiary/aromatic N) is 4. The number of halogens is 1. The fraction of sp³-hybridized carbons (Fsp3) is 0. The molecule has 0 N–H and O–H groups in total. The largest absolute Gasteiger partial charge is 0.267 e. The summed E-state index contributed by atoms with van der Waals surface area (Å²) < 4.78 is 1.81. The van der Waals surface area contributed by atoms with Crippen LogP contribution in [0.4, 0.5) is 0 Å². The molecule has 0 aliphatic carbocycles. The van der Waals surface area contributed by atoms with Crippen LogP contribution in [0.3, 0.4) is 0 Å². The Labute approximate surface area is 96.6 Å². The van der Waals surface area contributed by atoms with Crippen molar-refractivity contribution in [3.63, 3.8) is 0 Å². The normalized spacial score (nSPS) is 10.8. The Hall–Kier alpha value is -1.94. The molecule has 78 valence electrons. The molecule has 0 aliphatic heterocycles. The number of rotatable bonds is 1. The van der Waals surface area contributed by atoms with Crippen LogP contribution in [0.15, 0.2) is 42.9 Å². The molecule has 0 unspecified atom stereocenters. The Balaban J connectivity index is 2.26. The van der Waals surface area contributed by atoms with Gasteiger partial charge in [0.1, 0.15) is 11.5 Å². The Bertz CT molecular complexity index is 647. The van der Waals surface area contributed by atoms with E-state index in [9.17, 15) is 0 Å². The van der Waals surface area contributed by atoms with Gasteiger partial charge in [0.25, 0.3) is 0 Å². The molecule has 0 saturated carbocycles. The van der Waals surface area contributed by atoms with E-state index in [0.717, 1.165) is 11.0 Å². The molecule has 0 spiro atoms. The van der Waals surface area contributed by atoms with E-state index in [-0.39, 0.29) is 0 Å². The maximum absolute atomic E-state index is 5.83. The molecule has 5 heteroatoms. The highest BCUT2D eigenvalue weighted by Crippen LogP contribution is 2.15.